The molecule has 2 N–H and O–H groups in total. The summed E-state index contributed by atoms with van der Waals surface area (Å²) < 4.78 is 20.3. The van der Waals surface area contributed by atoms with Crippen molar-refractivity contribution in [1.29, 1.82) is 0 Å². The zero-order valence-corrected chi connectivity index (χ0v) is 16.4. The number of likely N-dealkylation sites (tertiary alicyclic amines) is 1. The van der Waals surface area contributed by atoms with Crippen molar-refractivity contribution in [3.05, 3.63) is 58.2 Å². The second-order valence-electron chi connectivity index (χ2n) is 6.32. The molecule has 1 aromatic heterocycles. The Hall–Kier alpha value is -1.86. The predicted octanol–water partition coefficient (Wildman–Crippen LogP) is 3.68. The van der Waals surface area contributed by atoms with Gasteiger partial charge in [-0.25, -0.2) is 4.39 Å². The number of hydrogen-bond acceptors (Lipinski definition) is 3. The molecule has 3 rings (SSSR count). The van der Waals surface area contributed by atoms with Crippen LogP contribution in [-0.4, -0.2) is 37.5 Å². The van der Waals surface area contributed by atoms with E-state index in [4.69, 9.17) is 4.42 Å². The fourth-order valence-electron chi connectivity index (χ4n) is 3.20. The van der Waals surface area contributed by atoms with Gasteiger partial charge in [0.05, 0.1) is 12.3 Å². The summed E-state index contributed by atoms with van der Waals surface area (Å²) >= 11 is 3.27. The number of nitrogens with one attached hydrogen (secondary N) is 2. The van der Waals surface area contributed by atoms with E-state index in [0.717, 1.165) is 23.3 Å². The van der Waals surface area contributed by atoms with Crippen molar-refractivity contribution in [3.63, 3.8) is 0 Å². The molecule has 1 atom stereocenters. The molecule has 1 saturated heterocycles. The van der Waals surface area contributed by atoms with Crippen molar-refractivity contribution in [3.8, 4) is 0 Å². The quantitative estimate of drug-likeness (QED) is 0.550. The summed E-state index contributed by atoms with van der Waals surface area (Å²) in [6.07, 6.45) is 4.14. The fourth-order valence-corrected chi connectivity index (χ4v) is 3.53. The van der Waals surface area contributed by atoms with Crippen molar-refractivity contribution in [2.24, 2.45) is 4.99 Å². The van der Waals surface area contributed by atoms with Crippen LogP contribution in [0.15, 0.2) is 50.5 Å². The Labute approximate surface area is 161 Å². The van der Waals surface area contributed by atoms with Crippen LogP contribution in [0.3, 0.4) is 0 Å². The largest absolute Gasteiger partial charge is 0.468 e. The van der Waals surface area contributed by atoms with Gasteiger partial charge in [-0.1, -0.05) is 22.0 Å². The number of furan rings is 1. The smallest absolute Gasteiger partial charge is 0.191 e. The minimum Gasteiger partial charge on any atom is -0.468 e. The molecular weight excluding hydrogens is 399 g/mol. The van der Waals surface area contributed by atoms with Gasteiger partial charge in [0.25, 0.3) is 0 Å². The minimum absolute atomic E-state index is 0.162. The monoisotopic (exact) mass is 422 g/mol. The third-order valence-corrected chi connectivity index (χ3v) is 5.09. The molecule has 0 spiro atoms. The lowest BCUT2D eigenvalue weighted by atomic mass is 10.2. The molecule has 0 saturated carbocycles. The lowest BCUT2D eigenvalue weighted by Crippen LogP contribution is -2.42. The third-order valence-electron chi connectivity index (χ3n) is 4.60. The van der Waals surface area contributed by atoms with Gasteiger partial charge < -0.3 is 15.1 Å². The lowest BCUT2D eigenvalue weighted by molar-refractivity contribution is 0.215. The Morgan fingerprint density at radius 3 is 2.77 bits per heavy atom. The van der Waals surface area contributed by atoms with Gasteiger partial charge in [-0.2, -0.15) is 0 Å². The fraction of sp³-hybridized carbons (Fsp3) is 0.421. The molecule has 1 fully saturated rings. The van der Waals surface area contributed by atoms with Crippen molar-refractivity contribution in [1.82, 2.24) is 15.5 Å². The maximum atomic E-state index is 14.0. The molecule has 0 bridgehead atoms. The molecule has 1 aliphatic heterocycles. The summed E-state index contributed by atoms with van der Waals surface area (Å²) in [5.74, 6) is 1.35. The number of guanidine groups is 1. The van der Waals surface area contributed by atoms with Crippen LogP contribution in [0, 0.1) is 5.82 Å². The normalized spacial score (nSPS) is 16.7. The van der Waals surface area contributed by atoms with Crippen LogP contribution >= 0.6 is 15.9 Å². The summed E-state index contributed by atoms with van der Waals surface area (Å²) in [5.41, 5.74) is 0.596. The van der Waals surface area contributed by atoms with E-state index >= 15 is 0 Å². The van der Waals surface area contributed by atoms with E-state index in [2.05, 4.69) is 36.5 Å². The first-order valence-electron chi connectivity index (χ1n) is 8.83. The predicted molar refractivity (Wildman–Crippen MR) is 105 cm³/mol. The van der Waals surface area contributed by atoms with E-state index in [1.165, 1.54) is 18.9 Å². The standard InChI is InChI=1S/C19H24BrFN4O/c1-22-19(23-12-14-6-7-15(20)11-16(14)21)24-13-17(18-5-4-10-26-18)25-8-2-3-9-25/h4-7,10-11,17H,2-3,8-9,12-13H2,1H3,(H2,22,23,24). The van der Waals surface area contributed by atoms with Crippen LogP contribution in [0.1, 0.15) is 30.2 Å². The zero-order chi connectivity index (χ0) is 18.4. The molecule has 1 unspecified atom stereocenters. The van der Waals surface area contributed by atoms with Crippen LogP contribution in [0.25, 0.3) is 0 Å². The summed E-state index contributed by atoms with van der Waals surface area (Å²) in [5, 5.41) is 6.51. The first-order valence-corrected chi connectivity index (χ1v) is 9.62. The highest BCUT2D eigenvalue weighted by Gasteiger charge is 2.25. The van der Waals surface area contributed by atoms with E-state index in [-0.39, 0.29) is 11.9 Å². The van der Waals surface area contributed by atoms with Crippen molar-refractivity contribution < 1.29 is 8.81 Å². The van der Waals surface area contributed by atoms with Crippen molar-refractivity contribution in [2.75, 3.05) is 26.7 Å². The first-order chi connectivity index (χ1) is 12.7. The molecule has 0 radical (unpaired) electrons. The maximum absolute atomic E-state index is 14.0. The summed E-state index contributed by atoms with van der Waals surface area (Å²) in [7, 11) is 1.71. The van der Waals surface area contributed by atoms with E-state index in [1.807, 2.05) is 18.2 Å². The van der Waals surface area contributed by atoms with Crippen molar-refractivity contribution in [2.45, 2.75) is 25.4 Å². The van der Waals surface area contributed by atoms with Gasteiger partial charge in [-0.3, -0.25) is 9.89 Å². The third kappa shape index (κ3) is 4.86. The molecule has 1 aliphatic rings. The Morgan fingerprint density at radius 1 is 1.31 bits per heavy atom. The topological polar surface area (TPSA) is 52.8 Å². The molecule has 2 aromatic rings. The number of benzene rings is 1. The highest BCUT2D eigenvalue weighted by Crippen LogP contribution is 2.24. The minimum atomic E-state index is -0.243. The van der Waals surface area contributed by atoms with Gasteiger partial charge in [0.1, 0.15) is 11.6 Å². The number of rotatable bonds is 6. The Bertz CT molecular complexity index is 729. The summed E-state index contributed by atoms with van der Waals surface area (Å²) in [6, 6.07) is 9.15. The van der Waals surface area contributed by atoms with Gasteiger partial charge >= 0.3 is 0 Å². The maximum Gasteiger partial charge on any atom is 0.191 e. The summed E-state index contributed by atoms with van der Waals surface area (Å²) in [4.78, 5) is 6.67. The van der Waals surface area contributed by atoms with Crippen LogP contribution < -0.4 is 10.6 Å². The number of aliphatic imine (C=N–C) groups is 1. The van der Waals surface area contributed by atoms with Gasteiger partial charge in [-0.05, 0) is 50.2 Å². The molecule has 5 nitrogen and oxygen atoms in total. The molecule has 0 aliphatic carbocycles. The Kier molecular flexibility index (Phi) is 6.68. The molecule has 140 valence electrons. The van der Waals surface area contributed by atoms with Crippen LogP contribution in [0.2, 0.25) is 0 Å². The van der Waals surface area contributed by atoms with Crippen LogP contribution in [0.5, 0.6) is 0 Å². The van der Waals surface area contributed by atoms with Gasteiger partial charge in [0, 0.05) is 30.2 Å². The first kappa shape index (κ1) is 18.9. The van der Waals surface area contributed by atoms with E-state index in [9.17, 15) is 4.39 Å². The number of halogens is 2. The molecule has 26 heavy (non-hydrogen) atoms. The average molecular weight is 423 g/mol. The Morgan fingerprint density at radius 2 is 2.12 bits per heavy atom. The highest BCUT2D eigenvalue weighted by atomic mass is 79.9. The van der Waals surface area contributed by atoms with E-state index in [0.29, 0.717) is 24.6 Å². The van der Waals surface area contributed by atoms with E-state index in [1.54, 1.807) is 19.4 Å². The van der Waals surface area contributed by atoms with Gasteiger partial charge in [0.2, 0.25) is 0 Å². The molecule has 1 aromatic carbocycles. The zero-order valence-electron chi connectivity index (χ0n) is 14.8. The molecule has 2 heterocycles. The van der Waals surface area contributed by atoms with Gasteiger partial charge in [-0.15, -0.1) is 0 Å². The Balaban J connectivity index is 1.58. The number of hydrogen-bond donors (Lipinski definition) is 2. The van der Waals surface area contributed by atoms with E-state index < -0.39 is 0 Å². The molecular formula is C19H24BrFN4O. The summed E-state index contributed by atoms with van der Waals surface area (Å²) in [6.45, 7) is 3.19. The van der Waals surface area contributed by atoms with Crippen molar-refractivity contribution >= 4 is 21.9 Å². The lowest BCUT2D eigenvalue weighted by Gasteiger charge is -2.26. The highest BCUT2D eigenvalue weighted by molar-refractivity contribution is 9.10. The SMILES string of the molecule is CN=C(NCc1ccc(Br)cc1F)NCC(c1ccco1)N1CCCC1. The van der Waals surface area contributed by atoms with Gasteiger partial charge in [0.15, 0.2) is 5.96 Å². The molecule has 7 heteroatoms. The second-order valence-corrected chi connectivity index (χ2v) is 7.23. The average Bonchev–Trinajstić information content (AvgIpc) is 3.33. The van der Waals surface area contributed by atoms with Crippen LogP contribution in [-0.2, 0) is 6.54 Å². The van der Waals surface area contributed by atoms with Crippen LogP contribution in [0.4, 0.5) is 4.39 Å². The second kappa shape index (κ2) is 9.19. The molecule has 0 amide bonds. The number of nitrogens with zero attached hydrogens (tertiary/aromatic N) is 2.